The fourth-order valence-electron chi connectivity index (χ4n) is 4.65. The summed E-state index contributed by atoms with van der Waals surface area (Å²) in [5.74, 6) is -0.463. The lowest BCUT2D eigenvalue weighted by molar-refractivity contribution is -0.142. The molecule has 2 amide bonds. The fraction of sp³-hybridized carbons (Fsp3) is 0.375. The highest BCUT2D eigenvalue weighted by molar-refractivity contribution is 7.92. The minimum Gasteiger partial charge on any atom is -0.350 e. The van der Waals surface area contributed by atoms with Gasteiger partial charge in [0.05, 0.1) is 11.9 Å². The molecule has 41 heavy (non-hydrogen) atoms. The molecule has 1 atom stereocenters. The van der Waals surface area contributed by atoms with Crippen molar-refractivity contribution in [3.8, 4) is 0 Å². The summed E-state index contributed by atoms with van der Waals surface area (Å²) in [7, 11) is -3.61. The lowest BCUT2D eigenvalue weighted by Crippen LogP contribution is -2.54. The molecule has 3 aromatic rings. The van der Waals surface area contributed by atoms with Crippen molar-refractivity contribution in [3.63, 3.8) is 0 Å². The Bertz CT molecular complexity index is 1440. The third kappa shape index (κ3) is 10.2. The van der Waals surface area contributed by atoms with Crippen molar-refractivity contribution in [2.45, 2.75) is 65.1 Å². The average Bonchev–Trinajstić information content (AvgIpc) is 2.87. The van der Waals surface area contributed by atoms with E-state index in [2.05, 4.69) is 5.32 Å². The van der Waals surface area contributed by atoms with Crippen LogP contribution in [0.15, 0.2) is 78.9 Å². The molecule has 0 aromatic heterocycles. The van der Waals surface area contributed by atoms with Crippen molar-refractivity contribution in [2.24, 2.45) is 0 Å². The smallest absolute Gasteiger partial charge is 0.243 e. The Balaban J connectivity index is 1.90. The molecule has 0 fully saturated rings. The lowest BCUT2D eigenvalue weighted by Gasteiger charge is -2.34. The van der Waals surface area contributed by atoms with Gasteiger partial charge >= 0.3 is 0 Å². The number of carbonyl (C=O) groups is 2. The molecule has 3 rings (SSSR count). The number of hydrogen-bond donors (Lipinski definition) is 1. The third-order valence-corrected chi connectivity index (χ3v) is 7.88. The second kappa shape index (κ2) is 14.0. The van der Waals surface area contributed by atoms with E-state index in [0.717, 1.165) is 22.9 Å². The van der Waals surface area contributed by atoms with Gasteiger partial charge in [-0.2, -0.15) is 0 Å². The molecule has 0 saturated carbocycles. The van der Waals surface area contributed by atoms with Crippen LogP contribution < -0.4 is 9.62 Å². The van der Waals surface area contributed by atoms with Gasteiger partial charge in [0, 0.05) is 36.5 Å². The largest absolute Gasteiger partial charge is 0.350 e. The second-order valence-corrected chi connectivity index (χ2v) is 13.7. The number of aryl methyl sites for hydroxylation is 1. The number of rotatable bonds is 12. The molecule has 0 radical (unpaired) electrons. The van der Waals surface area contributed by atoms with Gasteiger partial charge in [-0.1, -0.05) is 77.8 Å². The average molecular weight is 598 g/mol. The normalized spacial score (nSPS) is 12.4. The number of halogens is 1. The molecule has 0 saturated heterocycles. The highest BCUT2D eigenvalue weighted by Crippen LogP contribution is 2.23. The van der Waals surface area contributed by atoms with Crippen molar-refractivity contribution in [2.75, 3.05) is 17.1 Å². The van der Waals surface area contributed by atoms with Crippen molar-refractivity contribution in [3.05, 3.63) is 101 Å². The molecule has 9 heteroatoms. The van der Waals surface area contributed by atoms with E-state index in [1.165, 1.54) is 4.31 Å². The summed E-state index contributed by atoms with van der Waals surface area (Å²) in [5, 5.41) is 3.48. The number of nitrogens with zero attached hydrogens (tertiary/aromatic N) is 2. The first kappa shape index (κ1) is 32.2. The summed E-state index contributed by atoms with van der Waals surface area (Å²) in [4.78, 5) is 29.2. The molecule has 1 N–H and O–H groups in total. The summed E-state index contributed by atoms with van der Waals surface area (Å²) in [5.41, 5.74) is 2.86. The molecule has 0 aliphatic rings. The van der Waals surface area contributed by atoms with Gasteiger partial charge in [0.15, 0.2) is 0 Å². The van der Waals surface area contributed by atoms with Crippen LogP contribution in [0.4, 0.5) is 5.69 Å². The molecule has 3 aromatic carbocycles. The number of nitrogens with one attached hydrogen (secondary N) is 1. The Morgan fingerprint density at radius 1 is 0.927 bits per heavy atom. The number of benzene rings is 3. The summed E-state index contributed by atoms with van der Waals surface area (Å²) < 4.78 is 26.4. The van der Waals surface area contributed by atoms with Crippen LogP contribution in [0.5, 0.6) is 0 Å². The van der Waals surface area contributed by atoms with Gasteiger partial charge in [-0.3, -0.25) is 13.9 Å². The van der Waals surface area contributed by atoms with Crippen LogP contribution in [0, 0.1) is 6.92 Å². The Morgan fingerprint density at radius 3 is 2.20 bits per heavy atom. The molecule has 7 nitrogen and oxygen atoms in total. The van der Waals surface area contributed by atoms with Gasteiger partial charge in [0.2, 0.25) is 21.8 Å². The number of hydrogen-bond acceptors (Lipinski definition) is 4. The van der Waals surface area contributed by atoms with Crippen LogP contribution in [0.2, 0.25) is 5.02 Å². The molecule has 0 heterocycles. The minimum absolute atomic E-state index is 0.0620. The lowest BCUT2D eigenvalue weighted by atomic mass is 10.00. The first-order valence-corrected chi connectivity index (χ1v) is 15.9. The summed E-state index contributed by atoms with van der Waals surface area (Å²) in [6, 6.07) is 23.4. The van der Waals surface area contributed by atoms with Crippen LogP contribution in [-0.4, -0.2) is 49.5 Å². The summed E-state index contributed by atoms with van der Waals surface area (Å²) in [6.45, 7) is 8.06. The quantitative estimate of drug-likeness (QED) is 0.288. The molecule has 1 unspecified atom stereocenters. The second-order valence-electron chi connectivity index (χ2n) is 11.4. The Kier molecular flexibility index (Phi) is 11.0. The molecular weight excluding hydrogens is 558 g/mol. The molecule has 0 aliphatic carbocycles. The van der Waals surface area contributed by atoms with Crippen LogP contribution in [0.3, 0.4) is 0 Å². The summed E-state index contributed by atoms with van der Waals surface area (Å²) >= 11 is 6.11. The maximum atomic E-state index is 13.9. The number of anilines is 1. The van der Waals surface area contributed by atoms with Crippen LogP contribution in [-0.2, 0) is 32.6 Å². The van der Waals surface area contributed by atoms with E-state index in [4.69, 9.17) is 11.6 Å². The van der Waals surface area contributed by atoms with E-state index >= 15 is 0 Å². The van der Waals surface area contributed by atoms with Gasteiger partial charge in [0.25, 0.3) is 0 Å². The van der Waals surface area contributed by atoms with Crippen molar-refractivity contribution < 1.29 is 18.0 Å². The topological polar surface area (TPSA) is 86.8 Å². The fourth-order valence-corrected chi connectivity index (χ4v) is 5.79. The van der Waals surface area contributed by atoms with Gasteiger partial charge < -0.3 is 10.2 Å². The van der Waals surface area contributed by atoms with Gasteiger partial charge in [0.1, 0.15) is 6.04 Å². The van der Waals surface area contributed by atoms with E-state index in [0.29, 0.717) is 17.1 Å². The zero-order valence-corrected chi connectivity index (χ0v) is 26.0. The number of sulfonamides is 1. The highest BCUT2D eigenvalue weighted by Gasteiger charge is 2.32. The van der Waals surface area contributed by atoms with Crippen LogP contribution in [0.1, 0.15) is 50.3 Å². The van der Waals surface area contributed by atoms with E-state index in [1.54, 1.807) is 29.2 Å². The molecular formula is C32H40ClN3O4S. The number of carbonyl (C=O) groups excluding carboxylic acids is 2. The zero-order valence-electron chi connectivity index (χ0n) is 24.4. The first-order valence-electron chi connectivity index (χ1n) is 13.7. The maximum absolute atomic E-state index is 13.9. The Labute approximate surface area is 249 Å². The molecule has 0 aliphatic heterocycles. The van der Waals surface area contributed by atoms with E-state index in [-0.39, 0.29) is 37.7 Å². The standard InChI is InChI=1S/C32H40ClN3O4S/c1-24-12-9-15-26(20-24)23-35(29(31(38)34-32(2,3)4)21-25-13-7-6-8-14-25)30(37)18-11-19-36(41(5,39)40)28-17-10-16-27(33)22-28/h6-10,12-17,20,22,29H,11,18-19,21,23H2,1-5H3,(H,34,38). The highest BCUT2D eigenvalue weighted by atomic mass is 35.5. The predicted octanol–water partition coefficient (Wildman–Crippen LogP) is 5.75. The van der Waals surface area contributed by atoms with Crippen LogP contribution in [0.25, 0.3) is 0 Å². The first-order chi connectivity index (χ1) is 19.2. The van der Waals surface area contributed by atoms with Gasteiger partial charge in [-0.15, -0.1) is 0 Å². The van der Waals surface area contributed by atoms with Gasteiger partial charge in [-0.05, 0) is 63.4 Å². The minimum atomic E-state index is -3.61. The zero-order chi connectivity index (χ0) is 30.2. The van der Waals surface area contributed by atoms with Crippen molar-refractivity contribution >= 4 is 39.1 Å². The predicted molar refractivity (Wildman–Crippen MR) is 166 cm³/mol. The summed E-state index contributed by atoms with van der Waals surface area (Å²) in [6.07, 6.45) is 1.80. The number of amides is 2. The van der Waals surface area contributed by atoms with Crippen LogP contribution >= 0.6 is 11.6 Å². The van der Waals surface area contributed by atoms with E-state index in [1.807, 2.05) is 82.3 Å². The van der Waals surface area contributed by atoms with E-state index < -0.39 is 21.6 Å². The Hall–Kier alpha value is -3.36. The molecule has 0 spiro atoms. The SMILES string of the molecule is Cc1cccc(CN(C(=O)CCCN(c2cccc(Cl)c2)S(C)(=O)=O)C(Cc2ccccc2)C(=O)NC(C)(C)C)c1. The Morgan fingerprint density at radius 2 is 1.59 bits per heavy atom. The van der Waals surface area contributed by atoms with Crippen molar-refractivity contribution in [1.29, 1.82) is 0 Å². The molecule has 0 bridgehead atoms. The monoisotopic (exact) mass is 597 g/mol. The van der Waals surface area contributed by atoms with Crippen molar-refractivity contribution in [1.82, 2.24) is 10.2 Å². The molecule has 220 valence electrons. The maximum Gasteiger partial charge on any atom is 0.243 e. The third-order valence-electron chi connectivity index (χ3n) is 6.45. The van der Waals surface area contributed by atoms with E-state index in [9.17, 15) is 18.0 Å². The van der Waals surface area contributed by atoms with Gasteiger partial charge in [-0.25, -0.2) is 8.42 Å².